The van der Waals surface area contributed by atoms with E-state index in [0.717, 1.165) is 0 Å². The van der Waals surface area contributed by atoms with E-state index in [1.165, 1.54) is 85.3 Å². The Bertz CT molecular complexity index is 1870. The van der Waals surface area contributed by atoms with Gasteiger partial charge in [-0.2, -0.15) is 0 Å². The average Bonchev–Trinajstić information content (AvgIpc) is 3.54. The minimum Gasteiger partial charge on any atom is -0.133 e. The summed E-state index contributed by atoms with van der Waals surface area (Å²) in [5, 5.41) is 2.83. The Morgan fingerprint density at radius 1 is 0.500 bits per heavy atom. The van der Waals surface area contributed by atoms with Gasteiger partial charge in [-0.25, -0.2) is 0 Å². The fourth-order valence-electron chi connectivity index (χ4n) is 4.59. The Kier molecular flexibility index (Phi) is 6.71. The van der Waals surface area contributed by atoms with Gasteiger partial charge >= 0.3 is 0 Å². The zero-order valence-electron chi connectivity index (χ0n) is 18.8. The SMILES string of the molecule is Cc1ccc(-c2sc3c(sc4cc5c(cc43)sc3c(I)c(-c4ccc(C)cc4I)sc35)c2I)c(I)c1. The van der Waals surface area contributed by atoms with Crippen LogP contribution in [-0.2, 0) is 0 Å². The molecule has 0 radical (unpaired) electrons. The monoisotopic (exact) mass is 986 g/mol. The van der Waals surface area contributed by atoms with Gasteiger partial charge in [-0.3, -0.25) is 0 Å². The zero-order valence-corrected chi connectivity index (χ0v) is 30.7. The third-order valence-electron chi connectivity index (χ3n) is 6.35. The Morgan fingerprint density at radius 3 is 1.31 bits per heavy atom. The van der Waals surface area contributed by atoms with Crippen molar-refractivity contribution in [2.45, 2.75) is 13.8 Å². The molecule has 0 N–H and O–H groups in total. The van der Waals surface area contributed by atoms with Crippen LogP contribution in [-0.4, -0.2) is 0 Å². The molecule has 0 unspecified atom stereocenters. The van der Waals surface area contributed by atoms with Crippen molar-refractivity contribution < 1.29 is 0 Å². The van der Waals surface area contributed by atoms with E-state index < -0.39 is 0 Å². The summed E-state index contributed by atoms with van der Waals surface area (Å²) in [7, 11) is 0. The maximum absolute atomic E-state index is 2.57. The summed E-state index contributed by atoms with van der Waals surface area (Å²) in [6.45, 7) is 4.33. The molecule has 0 amide bonds. The van der Waals surface area contributed by atoms with Crippen molar-refractivity contribution >= 4 is 175 Å². The van der Waals surface area contributed by atoms with Crippen molar-refractivity contribution in [1.29, 1.82) is 0 Å². The van der Waals surface area contributed by atoms with Gasteiger partial charge < -0.3 is 0 Å². The topological polar surface area (TPSA) is 0 Å². The lowest BCUT2D eigenvalue weighted by Crippen LogP contribution is -1.83. The van der Waals surface area contributed by atoms with Gasteiger partial charge in [0.05, 0.1) is 28.6 Å². The summed E-state index contributed by atoms with van der Waals surface area (Å²) >= 11 is 17.9. The van der Waals surface area contributed by atoms with Crippen molar-refractivity contribution in [3.63, 3.8) is 0 Å². The van der Waals surface area contributed by atoms with E-state index in [2.05, 4.69) is 153 Å². The predicted octanol–water partition coefficient (Wildman–Crippen LogP) is 12.9. The summed E-state index contributed by atoms with van der Waals surface area (Å²) in [4.78, 5) is 2.81. The standard InChI is InChI=1S/C28H14I4S4/c1-11-3-5-13(17(29)7-11)23-21(31)27-25(35-23)15-9-20-16(10-19(15)33-27)26-28(34-20)22(32)24(36-26)14-6-4-12(2)8-18(14)30/h3-10H,1-2H3. The summed E-state index contributed by atoms with van der Waals surface area (Å²) in [6.07, 6.45) is 0. The predicted molar refractivity (Wildman–Crippen MR) is 199 cm³/mol. The van der Waals surface area contributed by atoms with Crippen LogP contribution in [0.1, 0.15) is 11.1 Å². The van der Waals surface area contributed by atoms with E-state index in [1.807, 2.05) is 45.3 Å². The molecule has 0 aliphatic carbocycles. The minimum atomic E-state index is 1.32. The highest BCUT2D eigenvalue weighted by molar-refractivity contribution is 14.1. The molecule has 4 heterocycles. The molecule has 4 aromatic heterocycles. The first-order valence-corrected chi connectivity index (χ1v) is 18.6. The third-order valence-corrected chi connectivity index (χ3v) is 16.9. The lowest BCUT2D eigenvalue weighted by atomic mass is 10.1. The second-order valence-electron chi connectivity index (χ2n) is 8.82. The van der Waals surface area contributed by atoms with E-state index >= 15 is 0 Å². The molecule has 0 aliphatic heterocycles. The molecule has 0 aliphatic rings. The molecular formula is C28H14I4S4. The van der Waals surface area contributed by atoms with Crippen molar-refractivity contribution in [2.75, 3.05) is 0 Å². The number of rotatable bonds is 2. The van der Waals surface area contributed by atoms with E-state index in [4.69, 9.17) is 0 Å². The maximum Gasteiger partial charge on any atom is 0.0603 e. The zero-order chi connectivity index (χ0) is 24.9. The van der Waals surface area contributed by atoms with E-state index in [1.54, 1.807) is 0 Å². The number of halogens is 4. The van der Waals surface area contributed by atoms with Gasteiger partial charge in [0.25, 0.3) is 0 Å². The fourth-order valence-corrected chi connectivity index (χ4v) is 14.8. The molecule has 0 spiro atoms. The first-order chi connectivity index (χ1) is 17.3. The smallest absolute Gasteiger partial charge is 0.0603 e. The summed E-state index contributed by atoms with van der Waals surface area (Å²) in [5.41, 5.74) is 5.35. The second-order valence-corrected chi connectivity index (χ2v) is 17.4. The Labute approximate surface area is 279 Å². The van der Waals surface area contributed by atoms with Gasteiger partial charge in [0.1, 0.15) is 0 Å². The third kappa shape index (κ3) is 3.97. The number of benzene rings is 3. The molecule has 0 nitrogen and oxygen atoms in total. The first-order valence-electron chi connectivity index (χ1n) is 11.0. The van der Waals surface area contributed by atoms with Gasteiger partial charge in [0.2, 0.25) is 0 Å². The molecule has 0 fully saturated rings. The molecule has 7 aromatic rings. The lowest BCUT2D eigenvalue weighted by Gasteiger charge is -2.04. The maximum atomic E-state index is 2.57. The van der Waals surface area contributed by atoms with Crippen LogP contribution in [0, 0.1) is 28.1 Å². The highest BCUT2D eigenvalue weighted by Gasteiger charge is 2.22. The van der Waals surface area contributed by atoms with Gasteiger partial charge in [-0.05, 0) is 128 Å². The lowest BCUT2D eigenvalue weighted by molar-refractivity contribution is 1.45. The molecule has 0 bridgehead atoms. The number of hydrogen-bond acceptors (Lipinski definition) is 4. The van der Waals surface area contributed by atoms with Crippen LogP contribution in [0.15, 0.2) is 48.5 Å². The number of fused-ring (bicyclic) bond motifs is 6. The Morgan fingerprint density at radius 2 is 0.917 bits per heavy atom. The minimum absolute atomic E-state index is 1.32. The largest absolute Gasteiger partial charge is 0.133 e. The van der Waals surface area contributed by atoms with Crippen molar-refractivity contribution in [1.82, 2.24) is 0 Å². The average molecular weight is 986 g/mol. The summed E-state index contributed by atoms with van der Waals surface area (Å²) in [5.74, 6) is 0. The molecule has 7 rings (SSSR count). The fraction of sp³-hybridized carbons (Fsp3) is 0.0714. The molecule has 0 atom stereocenters. The normalized spacial score (nSPS) is 12.2. The van der Waals surface area contributed by atoms with Gasteiger partial charge in [0, 0.05) is 45.6 Å². The first kappa shape index (κ1) is 25.4. The Balaban J connectivity index is 1.43. The van der Waals surface area contributed by atoms with E-state index in [9.17, 15) is 0 Å². The van der Waals surface area contributed by atoms with Crippen LogP contribution in [0.2, 0.25) is 0 Å². The van der Waals surface area contributed by atoms with Crippen molar-refractivity contribution in [3.8, 4) is 20.9 Å². The van der Waals surface area contributed by atoms with E-state index in [0.29, 0.717) is 0 Å². The molecular weight excluding hydrogens is 972 g/mol. The van der Waals surface area contributed by atoms with Crippen LogP contribution in [0.4, 0.5) is 0 Å². The highest BCUT2D eigenvalue weighted by atomic mass is 127. The number of thiophene rings is 4. The molecule has 178 valence electrons. The second kappa shape index (κ2) is 9.51. The molecule has 8 heteroatoms. The molecule has 3 aromatic carbocycles. The van der Waals surface area contributed by atoms with Crippen LogP contribution < -0.4 is 0 Å². The summed E-state index contributed by atoms with van der Waals surface area (Å²) in [6, 6.07) is 18.5. The van der Waals surface area contributed by atoms with Gasteiger partial charge in [0.15, 0.2) is 0 Å². The van der Waals surface area contributed by atoms with Crippen LogP contribution in [0.25, 0.3) is 59.9 Å². The van der Waals surface area contributed by atoms with Gasteiger partial charge in [-0.1, -0.05) is 35.4 Å². The number of aryl methyl sites for hydroxylation is 2. The van der Waals surface area contributed by atoms with Crippen molar-refractivity contribution in [3.05, 3.63) is 73.9 Å². The van der Waals surface area contributed by atoms with Crippen molar-refractivity contribution in [2.24, 2.45) is 0 Å². The molecule has 0 saturated heterocycles. The van der Waals surface area contributed by atoms with Crippen LogP contribution in [0.3, 0.4) is 0 Å². The Hall–Kier alpha value is 0.420. The van der Waals surface area contributed by atoms with E-state index in [-0.39, 0.29) is 0 Å². The number of hydrogen-bond donors (Lipinski definition) is 0. The highest BCUT2D eigenvalue weighted by Crippen LogP contribution is 2.52. The quantitative estimate of drug-likeness (QED) is 0.151. The van der Waals surface area contributed by atoms with Crippen LogP contribution >= 0.6 is 136 Å². The van der Waals surface area contributed by atoms with Gasteiger partial charge in [-0.15, -0.1) is 45.3 Å². The summed E-state index contributed by atoms with van der Waals surface area (Å²) < 4.78 is 14.0. The molecule has 0 saturated carbocycles. The van der Waals surface area contributed by atoms with Crippen LogP contribution in [0.5, 0.6) is 0 Å². The molecule has 36 heavy (non-hydrogen) atoms.